The van der Waals surface area contributed by atoms with Crippen molar-refractivity contribution in [2.45, 2.75) is 6.42 Å². The van der Waals surface area contributed by atoms with E-state index >= 15 is 0 Å². The summed E-state index contributed by atoms with van der Waals surface area (Å²) in [4.78, 5) is 2.20. The fraction of sp³-hybridized carbons (Fsp3) is 1.00. The number of rotatable bonds is 4. The van der Waals surface area contributed by atoms with Gasteiger partial charge in [0.1, 0.15) is 0 Å². The van der Waals surface area contributed by atoms with Crippen LogP contribution in [0.15, 0.2) is 0 Å². The molecule has 7 heteroatoms. The van der Waals surface area contributed by atoms with Crippen molar-refractivity contribution in [3.8, 4) is 0 Å². The van der Waals surface area contributed by atoms with Crippen molar-refractivity contribution < 1.29 is 8.42 Å². The Morgan fingerprint density at radius 1 is 1.27 bits per heavy atom. The Kier molecular flexibility index (Phi) is 4.94. The molecular formula is C8H20N4O2S. The van der Waals surface area contributed by atoms with Crippen molar-refractivity contribution >= 4 is 10.2 Å². The highest BCUT2D eigenvalue weighted by atomic mass is 32.2. The molecule has 0 radical (unpaired) electrons. The SMILES string of the molecule is CNS(=O)(=O)N1CCCN(CCN)CC1. The number of hydrogen-bond acceptors (Lipinski definition) is 4. The van der Waals surface area contributed by atoms with E-state index in [4.69, 9.17) is 5.73 Å². The first kappa shape index (κ1) is 12.9. The topological polar surface area (TPSA) is 78.7 Å². The Balaban J connectivity index is 2.53. The van der Waals surface area contributed by atoms with Crippen LogP contribution in [-0.2, 0) is 10.2 Å². The van der Waals surface area contributed by atoms with Crippen LogP contribution in [0, 0.1) is 0 Å². The molecule has 0 amide bonds. The molecule has 1 saturated heterocycles. The van der Waals surface area contributed by atoms with Gasteiger partial charge in [0, 0.05) is 39.8 Å². The van der Waals surface area contributed by atoms with E-state index < -0.39 is 10.2 Å². The standard InChI is InChI=1S/C8H20N4O2S/c1-10-15(13,14)12-5-2-4-11(6-3-9)7-8-12/h10H,2-9H2,1H3. The van der Waals surface area contributed by atoms with Crippen LogP contribution in [0.4, 0.5) is 0 Å². The summed E-state index contributed by atoms with van der Waals surface area (Å²) in [6, 6.07) is 0. The summed E-state index contributed by atoms with van der Waals surface area (Å²) in [5.74, 6) is 0. The van der Waals surface area contributed by atoms with Gasteiger partial charge in [-0.15, -0.1) is 0 Å². The zero-order chi connectivity index (χ0) is 11.3. The largest absolute Gasteiger partial charge is 0.329 e. The number of nitrogens with one attached hydrogen (secondary N) is 1. The summed E-state index contributed by atoms with van der Waals surface area (Å²) in [6.45, 7) is 4.28. The molecule has 0 aliphatic carbocycles. The van der Waals surface area contributed by atoms with Crippen LogP contribution in [0.25, 0.3) is 0 Å². The van der Waals surface area contributed by atoms with Gasteiger partial charge in [0.2, 0.25) is 0 Å². The van der Waals surface area contributed by atoms with E-state index in [1.54, 1.807) is 0 Å². The zero-order valence-electron chi connectivity index (χ0n) is 9.15. The second-order valence-corrected chi connectivity index (χ2v) is 5.47. The second-order valence-electron chi connectivity index (χ2n) is 3.59. The van der Waals surface area contributed by atoms with Gasteiger partial charge < -0.3 is 10.6 Å². The van der Waals surface area contributed by atoms with Gasteiger partial charge in [0.25, 0.3) is 10.2 Å². The molecule has 0 aromatic carbocycles. The van der Waals surface area contributed by atoms with Gasteiger partial charge in [-0.25, -0.2) is 4.72 Å². The third kappa shape index (κ3) is 3.69. The Morgan fingerprint density at radius 3 is 2.60 bits per heavy atom. The highest BCUT2D eigenvalue weighted by molar-refractivity contribution is 7.87. The summed E-state index contributed by atoms with van der Waals surface area (Å²) in [6.07, 6.45) is 0.862. The van der Waals surface area contributed by atoms with Crippen molar-refractivity contribution in [2.75, 3.05) is 46.3 Å². The Labute approximate surface area is 91.6 Å². The van der Waals surface area contributed by atoms with Crippen LogP contribution >= 0.6 is 0 Å². The highest BCUT2D eigenvalue weighted by Gasteiger charge is 2.22. The highest BCUT2D eigenvalue weighted by Crippen LogP contribution is 2.05. The van der Waals surface area contributed by atoms with Gasteiger partial charge in [-0.2, -0.15) is 12.7 Å². The van der Waals surface area contributed by atoms with E-state index in [0.29, 0.717) is 19.6 Å². The minimum absolute atomic E-state index is 0.545. The van der Waals surface area contributed by atoms with E-state index in [0.717, 1.165) is 26.1 Å². The summed E-state index contributed by atoms with van der Waals surface area (Å²) in [5.41, 5.74) is 5.47. The van der Waals surface area contributed by atoms with Crippen molar-refractivity contribution in [3.63, 3.8) is 0 Å². The summed E-state index contributed by atoms with van der Waals surface area (Å²) in [7, 11) is -1.82. The molecule has 6 nitrogen and oxygen atoms in total. The molecule has 1 rings (SSSR count). The summed E-state index contributed by atoms with van der Waals surface area (Å²) >= 11 is 0. The quantitative estimate of drug-likeness (QED) is 0.617. The van der Waals surface area contributed by atoms with Gasteiger partial charge in [0.05, 0.1) is 0 Å². The van der Waals surface area contributed by atoms with Crippen LogP contribution in [-0.4, -0.2) is 63.9 Å². The molecule has 1 fully saturated rings. The van der Waals surface area contributed by atoms with Gasteiger partial charge in [-0.1, -0.05) is 0 Å². The minimum atomic E-state index is -3.26. The van der Waals surface area contributed by atoms with E-state index in [1.807, 2.05) is 0 Å². The van der Waals surface area contributed by atoms with E-state index in [-0.39, 0.29) is 0 Å². The molecule has 0 saturated carbocycles. The first-order valence-electron chi connectivity index (χ1n) is 5.21. The summed E-state index contributed by atoms with van der Waals surface area (Å²) in [5, 5.41) is 0. The number of hydrogen-bond donors (Lipinski definition) is 2. The smallest absolute Gasteiger partial charge is 0.279 e. The molecule has 1 heterocycles. The molecule has 90 valence electrons. The minimum Gasteiger partial charge on any atom is -0.329 e. The lowest BCUT2D eigenvalue weighted by atomic mass is 10.4. The fourth-order valence-corrected chi connectivity index (χ4v) is 2.67. The third-order valence-corrected chi connectivity index (χ3v) is 4.15. The molecule has 0 atom stereocenters. The maximum atomic E-state index is 11.5. The normalized spacial score (nSPS) is 21.5. The van der Waals surface area contributed by atoms with Crippen molar-refractivity contribution in [1.82, 2.24) is 13.9 Å². The average molecular weight is 236 g/mol. The first-order chi connectivity index (χ1) is 7.10. The van der Waals surface area contributed by atoms with Crippen LogP contribution in [0.3, 0.4) is 0 Å². The van der Waals surface area contributed by atoms with Crippen LogP contribution < -0.4 is 10.5 Å². The molecule has 0 aromatic heterocycles. The number of nitrogens with two attached hydrogens (primary N) is 1. The first-order valence-corrected chi connectivity index (χ1v) is 6.65. The molecule has 0 bridgehead atoms. The average Bonchev–Trinajstić information content (AvgIpc) is 2.44. The van der Waals surface area contributed by atoms with Crippen molar-refractivity contribution in [1.29, 1.82) is 0 Å². The lowest BCUT2D eigenvalue weighted by molar-refractivity contribution is 0.294. The maximum absolute atomic E-state index is 11.5. The Bertz CT molecular complexity index is 280. The molecule has 1 aliphatic heterocycles. The van der Waals surface area contributed by atoms with Gasteiger partial charge in [0.15, 0.2) is 0 Å². The predicted octanol–water partition coefficient (Wildman–Crippen LogP) is -1.58. The van der Waals surface area contributed by atoms with Gasteiger partial charge >= 0.3 is 0 Å². The molecule has 3 N–H and O–H groups in total. The zero-order valence-corrected chi connectivity index (χ0v) is 9.96. The van der Waals surface area contributed by atoms with E-state index in [1.165, 1.54) is 11.4 Å². The van der Waals surface area contributed by atoms with Crippen LogP contribution in [0.1, 0.15) is 6.42 Å². The third-order valence-electron chi connectivity index (χ3n) is 2.59. The molecule has 1 aliphatic rings. The molecule has 0 spiro atoms. The molecular weight excluding hydrogens is 216 g/mol. The van der Waals surface area contributed by atoms with Crippen molar-refractivity contribution in [2.24, 2.45) is 5.73 Å². The van der Waals surface area contributed by atoms with Crippen LogP contribution in [0.2, 0.25) is 0 Å². The maximum Gasteiger partial charge on any atom is 0.279 e. The summed E-state index contributed by atoms with van der Waals surface area (Å²) < 4.78 is 26.9. The van der Waals surface area contributed by atoms with E-state index in [9.17, 15) is 8.42 Å². The Morgan fingerprint density at radius 2 is 2.00 bits per heavy atom. The van der Waals surface area contributed by atoms with Gasteiger partial charge in [-0.05, 0) is 13.0 Å². The molecule has 0 unspecified atom stereocenters. The second kappa shape index (κ2) is 5.76. The lowest BCUT2D eigenvalue weighted by Crippen LogP contribution is -2.41. The Hall–Kier alpha value is -0.210. The van der Waals surface area contributed by atoms with Gasteiger partial charge in [-0.3, -0.25) is 0 Å². The fourth-order valence-electron chi connectivity index (χ4n) is 1.72. The molecule has 15 heavy (non-hydrogen) atoms. The predicted molar refractivity (Wildman–Crippen MR) is 59.7 cm³/mol. The van der Waals surface area contributed by atoms with Crippen LogP contribution in [0.5, 0.6) is 0 Å². The lowest BCUT2D eigenvalue weighted by Gasteiger charge is -2.20. The monoisotopic (exact) mass is 236 g/mol. The van der Waals surface area contributed by atoms with E-state index in [2.05, 4.69) is 9.62 Å². The van der Waals surface area contributed by atoms with Crippen molar-refractivity contribution in [3.05, 3.63) is 0 Å². The number of nitrogens with zero attached hydrogens (tertiary/aromatic N) is 2. The molecule has 0 aromatic rings.